The summed E-state index contributed by atoms with van der Waals surface area (Å²) in [5, 5.41) is 8.70. The molecule has 4 heteroatoms. The number of hydrogen-bond donors (Lipinski definition) is 1. The maximum Gasteiger partial charge on any atom is 0.308 e. The second-order valence-corrected chi connectivity index (χ2v) is 9.00. The zero-order valence-corrected chi connectivity index (χ0v) is 20.3. The van der Waals surface area contributed by atoms with E-state index in [2.05, 4.69) is 20.8 Å². The molecule has 0 aliphatic rings. The highest BCUT2D eigenvalue weighted by molar-refractivity contribution is 5.72. The number of hydrogen-bond acceptors (Lipinski definition) is 3. The van der Waals surface area contributed by atoms with Crippen molar-refractivity contribution in [3.8, 4) is 0 Å². The molecule has 0 aliphatic carbocycles. The lowest BCUT2D eigenvalue weighted by Crippen LogP contribution is -2.21. The Labute approximate surface area is 186 Å². The summed E-state index contributed by atoms with van der Waals surface area (Å²) in [5.74, 6) is -0.151. The van der Waals surface area contributed by atoms with Crippen molar-refractivity contribution in [1.29, 1.82) is 0 Å². The molecule has 0 rings (SSSR count). The van der Waals surface area contributed by atoms with E-state index >= 15 is 0 Å². The summed E-state index contributed by atoms with van der Waals surface area (Å²) in [6.45, 7) is 7.21. The zero-order chi connectivity index (χ0) is 22.5. The van der Waals surface area contributed by atoms with Gasteiger partial charge in [0.2, 0.25) is 0 Å². The molecule has 0 aromatic heterocycles. The van der Waals surface area contributed by atoms with Crippen LogP contribution in [0.1, 0.15) is 136 Å². The molecule has 0 aliphatic heterocycles. The molecule has 178 valence electrons. The van der Waals surface area contributed by atoms with Crippen molar-refractivity contribution in [2.45, 2.75) is 136 Å². The van der Waals surface area contributed by atoms with Crippen LogP contribution in [-0.2, 0) is 14.3 Å². The first-order chi connectivity index (χ1) is 14.5. The van der Waals surface area contributed by atoms with Crippen LogP contribution >= 0.6 is 0 Å². The Bertz CT molecular complexity index is 408. The van der Waals surface area contributed by atoms with Gasteiger partial charge >= 0.3 is 11.9 Å². The molecule has 0 bridgehead atoms. The summed E-state index contributed by atoms with van der Waals surface area (Å²) in [6.07, 6.45) is 19.1. The highest BCUT2D eigenvalue weighted by Gasteiger charge is 2.20. The van der Waals surface area contributed by atoms with Gasteiger partial charge in [-0.1, -0.05) is 104 Å². The third-order valence-electron chi connectivity index (χ3n) is 6.19. The molecular formula is C26H50O4. The molecular weight excluding hydrogens is 376 g/mol. The number of carbonyl (C=O) groups excluding carboxylic acids is 1. The second-order valence-electron chi connectivity index (χ2n) is 9.00. The van der Waals surface area contributed by atoms with Crippen molar-refractivity contribution in [2.24, 2.45) is 11.8 Å². The Hall–Kier alpha value is -1.06. The number of aliphatic carboxylic acids is 1. The third kappa shape index (κ3) is 17.8. The van der Waals surface area contributed by atoms with E-state index in [4.69, 9.17) is 9.84 Å². The van der Waals surface area contributed by atoms with Gasteiger partial charge in [-0.3, -0.25) is 9.59 Å². The van der Waals surface area contributed by atoms with Crippen LogP contribution in [0.3, 0.4) is 0 Å². The highest BCUT2D eigenvalue weighted by atomic mass is 16.5. The van der Waals surface area contributed by atoms with Crippen LogP contribution < -0.4 is 0 Å². The molecule has 0 saturated heterocycles. The van der Waals surface area contributed by atoms with Gasteiger partial charge in [0.05, 0.1) is 12.5 Å². The maximum absolute atomic E-state index is 12.8. The van der Waals surface area contributed by atoms with Crippen LogP contribution in [0, 0.1) is 11.8 Å². The van der Waals surface area contributed by atoms with Crippen LogP contribution in [0.25, 0.3) is 0 Å². The minimum absolute atomic E-state index is 0.0179. The fourth-order valence-corrected chi connectivity index (χ4v) is 3.96. The fraction of sp³-hybridized carbons (Fsp3) is 0.923. The minimum atomic E-state index is -0.707. The van der Waals surface area contributed by atoms with Gasteiger partial charge in [0.15, 0.2) is 0 Å². The van der Waals surface area contributed by atoms with E-state index in [-0.39, 0.29) is 18.3 Å². The van der Waals surface area contributed by atoms with Gasteiger partial charge in [-0.25, -0.2) is 0 Å². The number of carbonyl (C=O) groups is 2. The Balaban J connectivity index is 4.29. The number of carboxylic acids is 1. The predicted octanol–water partition coefficient (Wildman–Crippen LogP) is 7.93. The van der Waals surface area contributed by atoms with Gasteiger partial charge in [-0.05, 0) is 31.6 Å². The first-order valence-corrected chi connectivity index (χ1v) is 12.9. The maximum atomic E-state index is 12.8. The lowest BCUT2D eigenvalue weighted by Gasteiger charge is -2.19. The summed E-state index contributed by atoms with van der Waals surface area (Å²) in [5.41, 5.74) is 0. The van der Waals surface area contributed by atoms with Gasteiger partial charge in [0, 0.05) is 6.42 Å². The summed E-state index contributed by atoms with van der Waals surface area (Å²) in [6, 6.07) is 0. The fourth-order valence-electron chi connectivity index (χ4n) is 3.96. The third-order valence-corrected chi connectivity index (χ3v) is 6.19. The summed E-state index contributed by atoms with van der Waals surface area (Å²) >= 11 is 0. The lowest BCUT2D eigenvalue weighted by molar-refractivity contribution is -0.150. The predicted molar refractivity (Wildman–Crippen MR) is 126 cm³/mol. The van der Waals surface area contributed by atoms with Gasteiger partial charge in [-0.15, -0.1) is 0 Å². The Kier molecular flexibility index (Phi) is 20.4. The molecule has 2 atom stereocenters. The molecule has 4 nitrogen and oxygen atoms in total. The molecule has 0 heterocycles. The average Bonchev–Trinajstić information content (AvgIpc) is 2.73. The molecule has 2 unspecified atom stereocenters. The van der Waals surface area contributed by atoms with Crippen molar-refractivity contribution < 1.29 is 19.4 Å². The molecule has 30 heavy (non-hydrogen) atoms. The zero-order valence-electron chi connectivity index (χ0n) is 20.3. The first kappa shape index (κ1) is 28.9. The van der Waals surface area contributed by atoms with Crippen molar-refractivity contribution in [1.82, 2.24) is 0 Å². The normalized spacial score (nSPS) is 13.2. The number of carboxylic acid groups (broad SMARTS) is 1. The molecule has 0 aromatic rings. The highest BCUT2D eigenvalue weighted by Crippen LogP contribution is 2.22. The van der Waals surface area contributed by atoms with E-state index in [1.807, 2.05) is 0 Å². The van der Waals surface area contributed by atoms with Gasteiger partial charge in [0.25, 0.3) is 0 Å². The van der Waals surface area contributed by atoms with E-state index in [0.29, 0.717) is 12.5 Å². The van der Waals surface area contributed by atoms with Gasteiger partial charge in [0.1, 0.15) is 0 Å². The van der Waals surface area contributed by atoms with Crippen molar-refractivity contribution in [3.05, 3.63) is 0 Å². The van der Waals surface area contributed by atoms with Crippen molar-refractivity contribution in [2.75, 3.05) is 6.61 Å². The average molecular weight is 427 g/mol. The van der Waals surface area contributed by atoms with E-state index in [1.165, 1.54) is 44.9 Å². The smallest absolute Gasteiger partial charge is 0.308 e. The molecule has 0 aromatic carbocycles. The van der Waals surface area contributed by atoms with E-state index < -0.39 is 5.97 Å². The summed E-state index contributed by atoms with van der Waals surface area (Å²) in [4.78, 5) is 23.3. The Morgan fingerprint density at radius 1 is 0.700 bits per heavy atom. The largest absolute Gasteiger partial charge is 0.481 e. The molecule has 0 spiro atoms. The van der Waals surface area contributed by atoms with E-state index in [0.717, 1.165) is 64.2 Å². The SMILES string of the molecule is CCCCCCCCC(CCCCCCCC(=O)O)C(=O)OCC(CC)CCCC. The molecule has 0 radical (unpaired) electrons. The van der Waals surface area contributed by atoms with Crippen LogP contribution in [0.2, 0.25) is 0 Å². The summed E-state index contributed by atoms with van der Waals surface area (Å²) < 4.78 is 5.77. The monoisotopic (exact) mass is 426 g/mol. The Morgan fingerprint density at radius 3 is 1.77 bits per heavy atom. The summed E-state index contributed by atoms with van der Waals surface area (Å²) in [7, 11) is 0. The second kappa shape index (κ2) is 21.2. The number of ether oxygens (including phenoxy) is 1. The lowest BCUT2D eigenvalue weighted by atomic mass is 9.94. The standard InChI is InChI=1S/C26H50O4/c1-4-7-9-10-12-15-19-24(20-16-13-11-14-17-21-25(27)28)26(29)30-22-23(6-3)18-8-5-2/h23-24H,4-22H2,1-3H3,(H,27,28). The molecule has 0 saturated carbocycles. The van der Waals surface area contributed by atoms with E-state index in [9.17, 15) is 9.59 Å². The Morgan fingerprint density at radius 2 is 1.23 bits per heavy atom. The van der Waals surface area contributed by atoms with Crippen molar-refractivity contribution >= 4 is 11.9 Å². The topological polar surface area (TPSA) is 63.6 Å². The number of rotatable bonds is 22. The quantitative estimate of drug-likeness (QED) is 0.141. The van der Waals surface area contributed by atoms with E-state index in [1.54, 1.807) is 0 Å². The number of unbranched alkanes of at least 4 members (excludes halogenated alkanes) is 10. The van der Waals surface area contributed by atoms with Crippen LogP contribution in [0.4, 0.5) is 0 Å². The van der Waals surface area contributed by atoms with Crippen molar-refractivity contribution in [3.63, 3.8) is 0 Å². The molecule has 0 amide bonds. The van der Waals surface area contributed by atoms with Crippen LogP contribution in [-0.4, -0.2) is 23.7 Å². The molecule has 0 fully saturated rings. The first-order valence-electron chi connectivity index (χ1n) is 12.9. The van der Waals surface area contributed by atoms with Gasteiger partial charge < -0.3 is 9.84 Å². The van der Waals surface area contributed by atoms with Gasteiger partial charge in [-0.2, -0.15) is 0 Å². The molecule has 1 N–H and O–H groups in total. The van der Waals surface area contributed by atoms with Crippen LogP contribution in [0.5, 0.6) is 0 Å². The minimum Gasteiger partial charge on any atom is -0.481 e. The van der Waals surface area contributed by atoms with Crippen LogP contribution in [0.15, 0.2) is 0 Å². The number of esters is 1.